The van der Waals surface area contributed by atoms with Gasteiger partial charge in [0, 0.05) is 5.56 Å². The van der Waals surface area contributed by atoms with Gasteiger partial charge in [0.25, 0.3) is 0 Å². The van der Waals surface area contributed by atoms with Crippen molar-refractivity contribution in [3.63, 3.8) is 0 Å². The van der Waals surface area contributed by atoms with Crippen LogP contribution in [0, 0.1) is 0 Å². The summed E-state index contributed by atoms with van der Waals surface area (Å²) in [6.07, 6.45) is 12.0. The minimum Gasteiger partial charge on any atom is -0.504 e. The van der Waals surface area contributed by atoms with Crippen molar-refractivity contribution < 1.29 is 25.2 Å². The molecule has 4 N–H and O–H groups in total. The smallest absolute Gasteiger partial charge is 0.336 e. The quantitative estimate of drug-likeness (QED) is 0.319. The lowest BCUT2D eigenvalue weighted by Crippen LogP contribution is -2.03. The number of carboxylic acids is 1. The van der Waals surface area contributed by atoms with Crippen LogP contribution in [0.2, 0.25) is 0 Å². The maximum atomic E-state index is 11.2. The molecular weight excluding hydrogens is 308 g/mol. The Morgan fingerprint density at radius 1 is 0.833 bits per heavy atom. The van der Waals surface area contributed by atoms with Crippen LogP contribution in [0.15, 0.2) is 6.07 Å². The summed E-state index contributed by atoms with van der Waals surface area (Å²) in [6, 6.07) is 0.989. The molecule has 0 spiro atoms. The van der Waals surface area contributed by atoms with Crippen molar-refractivity contribution in [1.29, 1.82) is 0 Å². The summed E-state index contributed by atoms with van der Waals surface area (Å²) in [7, 11) is 0. The van der Waals surface area contributed by atoms with E-state index >= 15 is 0 Å². The maximum absolute atomic E-state index is 11.2. The predicted octanol–water partition coefficient (Wildman–Crippen LogP) is 4.97. The number of benzene rings is 1. The zero-order chi connectivity index (χ0) is 17.9. The van der Waals surface area contributed by atoms with Crippen molar-refractivity contribution in [3.05, 3.63) is 17.2 Å². The molecule has 0 aliphatic carbocycles. The van der Waals surface area contributed by atoms with Gasteiger partial charge in [-0.15, -0.1) is 0 Å². The number of rotatable bonds is 12. The molecule has 0 aliphatic rings. The van der Waals surface area contributed by atoms with Crippen LogP contribution < -0.4 is 0 Å². The molecule has 0 atom stereocenters. The average molecular weight is 338 g/mol. The van der Waals surface area contributed by atoms with Gasteiger partial charge in [-0.05, 0) is 18.9 Å². The molecule has 0 saturated heterocycles. The Labute approximate surface area is 144 Å². The molecule has 5 nitrogen and oxygen atoms in total. The molecule has 0 aliphatic heterocycles. The van der Waals surface area contributed by atoms with Crippen LogP contribution in [0.4, 0.5) is 0 Å². The highest BCUT2D eigenvalue weighted by Crippen LogP contribution is 2.40. The highest BCUT2D eigenvalue weighted by molar-refractivity contribution is 5.91. The van der Waals surface area contributed by atoms with Crippen LogP contribution in [0.25, 0.3) is 0 Å². The lowest BCUT2D eigenvalue weighted by molar-refractivity contribution is 0.0694. The van der Waals surface area contributed by atoms with Gasteiger partial charge in [-0.1, -0.05) is 64.7 Å². The van der Waals surface area contributed by atoms with Crippen molar-refractivity contribution >= 4 is 5.97 Å². The third-order valence-corrected chi connectivity index (χ3v) is 4.37. The molecule has 1 aromatic carbocycles. The highest BCUT2D eigenvalue weighted by Gasteiger charge is 2.20. The molecule has 1 rings (SSSR count). The van der Waals surface area contributed by atoms with Gasteiger partial charge in [0.15, 0.2) is 11.5 Å². The number of aromatic carboxylic acids is 1. The topological polar surface area (TPSA) is 98.0 Å². The van der Waals surface area contributed by atoms with Crippen LogP contribution in [0.1, 0.15) is 87.1 Å². The lowest BCUT2D eigenvalue weighted by Gasteiger charge is -2.11. The van der Waals surface area contributed by atoms with Gasteiger partial charge in [-0.3, -0.25) is 0 Å². The number of carbonyl (C=O) groups is 1. The van der Waals surface area contributed by atoms with Gasteiger partial charge in [-0.2, -0.15) is 0 Å². The first-order chi connectivity index (χ1) is 11.5. The third-order valence-electron chi connectivity index (χ3n) is 4.37. The molecule has 1 aromatic rings. The van der Waals surface area contributed by atoms with Gasteiger partial charge in [0.1, 0.15) is 0 Å². The van der Waals surface area contributed by atoms with E-state index in [9.17, 15) is 20.1 Å². The van der Waals surface area contributed by atoms with Crippen LogP contribution in [0.5, 0.6) is 17.2 Å². The number of carboxylic acid groups (broad SMARTS) is 1. The van der Waals surface area contributed by atoms with Crippen molar-refractivity contribution in [3.8, 4) is 17.2 Å². The van der Waals surface area contributed by atoms with Crippen molar-refractivity contribution in [2.24, 2.45) is 0 Å². The number of hydrogen-bond acceptors (Lipinski definition) is 4. The summed E-state index contributed by atoms with van der Waals surface area (Å²) < 4.78 is 0. The molecule has 0 bridgehead atoms. The first kappa shape index (κ1) is 20.1. The maximum Gasteiger partial charge on any atom is 0.336 e. The van der Waals surface area contributed by atoms with Gasteiger partial charge in [0.05, 0.1) is 5.56 Å². The first-order valence-electron chi connectivity index (χ1n) is 8.99. The predicted molar refractivity (Wildman–Crippen MR) is 93.9 cm³/mol. The summed E-state index contributed by atoms with van der Waals surface area (Å²) in [5, 5.41) is 38.0. The van der Waals surface area contributed by atoms with E-state index in [2.05, 4.69) is 6.92 Å². The van der Waals surface area contributed by atoms with Gasteiger partial charge >= 0.3 is 5.97 Å². The molecule has 0 fully saturated rings. The van der Waals surface area contributed by atoms with E-state index in [1.807, 2.05) is 0 Å². The number of phenolic OH excluding ortho intramolecular Hbond substituents is 3. The molecule has 0 unspecified atom stereocenters. The van der Waals surface area contributed by atoms with E-state index in [1.54, 1.807) is 0 Å². The molecule has 0 saturated carbocycles. The van der Waals surface area contributed by atoms with Crippen LogP contribution in [0.3, 0.4) is 0 Å². The lowest BCUT2D eigenvalue weighted by atomic mass is 9.98. The number of hydrogen-bond donors (Lipinski definition) is 4. The fourth-order valence-corrected chi connectivity index (χ4v) is 2.92. The summed E-state index contributed by atoms with van der Waals surface area (Å²) in [6.45, 7) is 2.21. The van der Waals surface area contributed by atoms with Gasteiger partial charge in [0.2, 0.25) is 5.75 Å². The standard InChI is InChI=1S/C19H30O5/c1-2-3-4-5-6-7-8-9-10-11-12-14-15(19(23)24)13-16(20)18(22)17(14)21/h13,20-22H,2-12H2,1H3,(H,23,24). The van der Waals surface area contributed by atoms with E-state index in [1.165, 1.54) is 44.9 Å². The van der Waals surface area contributed by atoms with Crippen LogP contribution >= 0.6 is 0 Å². The normalized spacial score (nSPS) is 10.9. The van der Waals surface area contributed by atoms with Gasteiger partial charge in [-0.25, -0.2) is 4.79 Å². The van der Waals surface area contributed by atoms with Crippen molar-refractivity contribution in [2.45, 2.75) is 77.6 Å². The molecule has 0 amide bonds. The SMILES string of the molecule is CCCCCCCCCCCCc1c(C(=O)O)cc(O)c(O)c1O. The fourth-order valence-electron chi connectivity index (χ4n) is 2.92. The molecule has 0 aromatic heterocycles. The van der Waals surface area contributed by atoms with E-state index in [4.69, 9.17) is 5.11 Å². The Bertz CT molecular complexity index is 525. The Kier molecular flexibility index (Phi) is 9.05. The van der Waals surface area contributed by atoms with Crippen LogP contribution in [-0.4, -0.2) is 26.4 Å². The van der Waals surface area contributed by atoms with E-state index < -0.39 is 23.2 Å². The zero-order valence-electron chi connectivity index (χ0n) is 14.6. The molecular formula is C19H30O5. The molecule has 0 radical (unpaired) electrons. The number of aromatic hydroxyl groups is 3. The number of unbranched alkanes of at least 4 members (excludes halogenated alkanes) is 9. The minimum absolute atomic E-state index is 0.154. The summed E-state index contributed by atoms with van der Waals surface area (Å²) in [5.41, 5.74) is 0.0380. The van der Waals surface area contributed by atoms with Crippen molar-refractivity contribution in [1.82, 2.24) is 0 Å². The first-order valence-corrected chi connectivity index (χ1v) is 8.99. The van der Waals surface area contributed by atoms with Gasteiger partial charge < -0.3 is 20.4 Å². The largest absolute Gasteiger partial charge is 0.504 e. The second kappa shape index (κ2) is 10.8. The van der Waals surface area contributed by atoms with E-state index in [0.29, 0.717) is 6.42 Å². The number of phenols is 3. The van der Waals surface area contributed by atoms with Crippen LogP contribution in [-0.2, 0) is 6.42 Å². The highest BCUT2D eigenvalue weighted by atomic mass is 16.4. The second-order valence-electron chi connectivity index (χ2n) is 6.36. The Hall–Kier alpha value is -1.91. The monoisotopic (exact) mass is 338 g/mol. The summed E-state index contributed by atoms with van der Waals surface area (Å²) >= 11 is 0. The summed E-state index contributed by atoms with van der Waals surface area (Å²) in [5.74, 6) is -3.01. The van der Waals surface area contributed by atoms with E-state index in [0.717, 1.165) is 25.3 Å². The molecule has 5 heteroatoms. The van der Waals surface area contributed by atoms with E-state index in [-0.39, 0.29) is 11.1 Å². The molecule has 136 valence electrons. The Morgan fingerprint density at radius 2 is 1.33 bits per heavy atom. The molecule has 0 heterocycles. The molecule has 24 heavy (non-hydrogen) atoms. The second-order valence-corrected chi connectivity index (χ2v) is 6.36. The van der Waals surface area contributed by atoms with Crippen molar-refractivity contribution in [2.75, 3.05) is 0 Å². The average Bonchev–Trinajstić information content (AvgIpc) is 2.55. The fraction of sp³-hybridized carbons (Fsp3) is 0.632. The Balaban J connectivity index is 2.35. The minimum atomic E-state index is -1.22. The Morgan fingerprint density at radius 3 is 1.83 bits per heavy atom. The summed E-state index contributed by atoms with van der Waals surface area (Å²) in [4.78, 5) is 11.2. The third kappa shape index (κ3) is 6.30. The zero-order valence-corrected chi connectivity index (χ0v) is 14.6.